The highest BCUT2D eigenvalue weighted by Crippen LogP contribution is 2.53. The van der Waals surface area contributed by atoms with Crippen LogP contribution in [0, 0.1) is 10.1 Å². The van der Waals surface area contributed by atoms with Crippen molar-refractivity contribution in [3.63, 3.8) is 0 Å². The first kappa shape index (κ1) is 20.4. The van der Waals surface area contributed by atoms with Gasteiger partial charge in [0.25, 0.3) is 5.69 Å². The number of nitrogens with zero attached hydrogens (tertiary/aromatic N) is 2. The first-order chi connectivity index (χ1) is 16.5. The molecular formula is C27H20N2O5. The van der Waals surface area contributed by atoms with E-state index in [4.69, 9.17) is 4.42 Å². The van der Waals surface area contributed by atoms with E-state index in [1.54, 1.807) is 18.4 Å². The second-order valence-corrected chi connectivity index (χ2v) is 8.72. The van der Waals surface area contributed by atoms with E-state index in [9.17, 15) is 19.7 Å². The lowest BCUT2D eigenvalue weighted by Gasteiger charge is -2.40. The zero-order chi connectivity index (χ0) is 23.4. The first-order valence-corrected chi connectivity index (χ1v) is 11.2. The Morgan fingerprint density at radius 2 is 1.71 bits per heavy atom. The monoisotopic (exact) mass is 452 g/mol. The Kier molecular flexibility index (Phi) is 4.58. The van der Waals surface area contributed by atoms with Gasteiger partial charge < -0.3 is 9.32 Å². The largest absolute Gasteiger partial charge is 0.467 e. The molecule has 34 heavy (non-hydrogen) atoms. The number of carbonyl (C=O) groups is 2. The quantitative estimate of drug-likeness (QED) is 0.389. The number of nitro benzene ring substituents is 1. The van der Waals surface area contributed by atoms with Crippen LogP contribution in [0.2, 0.25) is 0 Å². The SMILES string of the molecule is O=C1CCCC2=C1[C@H](c1ccc([N+](=O)[O-])cc1)C1=C(c3ccccc3C1=O)N2Cc1ccco1. The van der Waals surface area contributed by atoms with Crippen molar-refractivity contribution in [2.24, 2.45) is 0 Å². The molecule has 1 atom stereocenters. The molecule has 168 valence electrons. The van der Waals surface area contributed by atoms with Gasteiger partial charge >= 0.3 is 0 Å². The number of fused-ring (bicyclic) bond motifs is 2. The van der Waals surface area contributed by atoms with Crippen LogP contribution in [0.15, 0.2) is 88.2 Å². The minimum Gasteiger partial charge on any atom is -0.467 e. The van der Waals surface area contributed by atoms with Crippen LogP contribution in [0.5, 0.6) is 0 Å². The molecule has 0 unspecified atom stereocenters. The van der Waals surface area contributed by atoms with E-state index >= 15 is 0 Å². The first-order valence-electron chi connectivity index (χ1n) is 11.2. The maximum absolute atomic E-state index is 13.8. The summed E-state index contributed by atoms with van der Waals surface area (Å²) in [5.74, 6) is 0.0846. The third-order valence-corrected chi connectivity index (χ3v) is 6.86. The molecule has 0 fully saturated rings. The Morgan fingerprint density at radius 3 is 2.41 bits per heavy atom. The van der Waals surface area contributed by atoms with Crippen molar-refractivity contribution in [3.05, 3.63) is 116 Å². The van der Waals surface area contributed by atoms with Gasteiger partial charge in [0.2, 0.25) is 0 Å². The van der Waals surface area contributed by atoms with Crippen LogP contribution in [0.25, 0.3) is 5.70 Å². The van der Waals surface area contributed by atoms with Crippen molar-refractivity contribution in [3.8, 4) is 0 Å². The number of furan rings is 1. The molecule has 2 aromatic carbocycles. The summed E-state index contributed by atoms with van der Waals surface area (Å²) in [7, 11) is 0. The minimum atomic E-state index is -0.564. The Morgan fingerprint density at radius 1 is 0.941 bits per heavy atom. The highest BCUT2D eigenvalue weighted by Gasteiger charge is 2.46. The maximum Gasteiger partial charge on any atom is 0.269 e. The second-order valence-electron chi connectivity index (χ2n) is 8.72. The van der Waals surface area contributed by atoms with Crippen LogP contribution >= 0.6 is 0 Å². The van der Waals surface area contributed by atoms with E-state index in [1.165, 1.54) is 12.1 Å². The second kappa shape index (κ2) is 7.66. The summed E-state index contributed by atoms with van der Waals surface area (Å²) < 4.78 is 5.63. The standard InChI is InChI=1S/C27H20N2O5/c30-22-9-3-8-21-24(22)23(16-10-12-17(13-11-16)29(32)33)25-26(28(21)15-18-5-4-14-34-18)19-6-1-2-7-20(19)27(25)31/h1-2,4-7,10-14,23H,3,8-9,15H2/t23-/m0/s1. The Labute approximate surface area is 195 Å². The molecule has 0 bridgehead atoms. The number of ketones is 2. The number of hydrogen-bond donors (Lipinski definition) is 0. The van der Waals surface area contributed by atoms with Gasteiger partial charge in [-0.15, -0.1) is 0 Å². The predicted molar refractivity (Wildman–Crippen MR) is 124 cm³/mol. The molecule has 0 N–H and O–H groups in total. The van der Waals surface area contributed by atoms with Gasteiger partial charge in [-0.3, -0.25) is 19.7 Å². The summed E-state index contributed by atoms with van der Waals surface area (Å²) in [6.07, 6.45) is 3.47. The highest BCUT2D eigenvalue weighted by atomic mass is 16.6. The van der Waals surface area contributed by atoms with Crippen molar-refractivity contribution in [2.45, 2.75) is 31.7 Å². The average molecular weight is 452 g/mol. The van der Waals surface area contributed by atoms with Crippen molar-refractivity contribution in [2.75, 3.05) is 0 Å². The van der Waals surface area contributed by atoms with Gasteiger partial charge in [0.1, 0.15) is 5.76 Å². The van der Waals surface area contributed by atoms with Gasteiger partial charge in [0, 0.05) is 52.4 Å². The fourth-order valence-corrected chi connectivity index (χ4v) is 5.43. The van der Waals surface area contributed by atoms with Crippen molar-refractivity contribution >= 4 is 23.0 Å². The molecule has 0 radical (unpaired) electrons. The molecule has 3 aliphatic rings. The summed E-state index contributed by atoms with van der Waals surface area (Å²) in [6.45, 7) is 0.409. The van der Waals surface area contributed by atoms with Crippen LogP contribution in [-0.4, -0.2) is 21.4 Å². The minimum absolute atomic E-state index is 0.0179. The summed E-state index contributed by atoms with van der Waals surface area (Å²) in [5, 5.41) is 11.2. The topological polar surface area (TPSA) is 93.7 Å². The van der Waals surface area contributed by atoms with Crippen LogP contribution in [-0.2, 0) is 11.3 Å². The molecule has 3 aromatic rings. The maximum atomic E-state index is 13.8. The van der Waals surface area contributed by atoms with Crippen molar-refractivity contribution < 1.29 is 18.9 Å². The molecule has 0 spiro atoms. The average Bonchev–Trinajstić information content (AvgIpc) is 3.46. The Balaban J connectivity index is 1.60. The molecule has 2 heterocycles. The zero-order valence-corrected chi connectivity index (χ0v) is 18.2. The molecule has 2 aliphatic carbocycles. The summed E-state index contributed by atoms with van der Waals surface area (Å²) in [5.41, 5.74) is 5.00. The molecule has 1 aliphatic heterocycles. The lowest BCUT2D eigenvalue weighted by atomic mass is 9.74. The van der Waals surface area contributed by atoms with Gasteiger partial charge in [-0.05, 0) is 30.5 Å². The zero-order valence-electron chi connectivity index (χ0n) is 18.2. The summed E-state index contributed by atoms with van der Waals surface area (Å²) in [6, 6.07) is 17.4. The normalized spacial score (nSPS) is 19.3. The van der Waals surface area contributed by atoms with E-state index in [1.807, 2.05) is 36.4 Å². The van der Waals surface area contributed by atoms with E-state index < -0.39 is 10.8 Å². The highest BCUT2D eigenvalue weighted by molar-refractivity contribution is 6.23. The third kappa shape index (κ3) is 2.97. The number of nitro groups is 1. The molecule has 7 heteroatoms. The van der Waals surface area contributed by atoms with Gasteiger partial charge in [-0.2, -0.15) is 0 Å². The van der Waals surface area contributed by atoms with Gasteiger partial charge in [0.05, 0.1) is 23.4 Å². The third-order valence-electron chi connectivity index (χ3n) is 6.86. The Bertz CT molecular complexity index is 1410. The lowest BCUT2D eigenvalue weighted by molar-refractivity contribution is -0.384. The van der Waals surface area contributed by atoms with Gasteiger partial charge in [-0.1, -0.05) is 36.4 Å². The van der Waals surface area contributed by atoms with Gasteiger partial charge in [0.15, 0.2) is 11.6 Å². The molecule has 6 rings (SSSR count). The van der Waals surface area contributed by atoms with E-state index in [0.717, 1.165) is 29.1 Å². The Hall–Kier alpha value is -4.26. The van der Waals surface area contributed by atoms with Crippen molar-refractivity contribution in [1.29, 1.82) is 0 Å². The fourth-order valence-electron chi connectivity index (χ4n) is 5.43. The summed E-state index contributed by atoms with van der Waals surface area (Å²) >= 11 is 0. The van der Waals surface area contributed by atoms with Crippen LogP contribution in [0.4, 0.5) is 5.69 Å². The summed E-state index contributed by atoms with van der Waals surface area (Å²) in [4.78, 5) is 40.0. The van der Waals surface area contributed by atoms with Crippen LogP contribution in [0.3, 0.4) is 0 Å². The van der Waals surface area contributed by atoms with E-state index in [0.29, 0.717) is 41.7 Å². The van der Waals surface area contributed by atoms with Gasteiger partial charge in [-0.25, -0.2) is 0 Å². The number of non-ortho nitro benzene ring substituents is 1. The predicted octanol–water partition coefficient (Wildman–Crippen LogP) is 5.40. The number of rotatable bonds is 4. The molecule has 0 amide bonds. The number of allylic oxidation sites excluding steroid dienone is 3. The van der Waals surface area contributed by atoms with Crippen LogP contribution < -0.4 is 0 Å². The lowest BCUT2D eigenvalue weighted by Crippen LogP contribution is -2.34. The van der Waals surface area contributed by atoms with Crippen molar-refractivity contribution in [1.82, 2.24) is 4.90 Å². The molecule has 7 nitrogen and oxygen atoms in total. The number of Topliss-reactive ketones (excluding diaryl/α,β-unsaturated/α-hetero) is 2. The molecule has 0 saturated heterocycles. The molecular weight excluding hydrogens is 432 g/mol. The fraction of sp³-hybridized carbons (Fsp3) is 0.185. The number of benzene rings is 2. The molecule has 1 aromatic heterocycles. The smallest absolute Gasteiger partial charge is 0.269 e. The van der Waals surface area contributed by atoms with Crippen LogP contribution in [0.1, 0.15) is 52.4 Å². The number of carbonyl (C=O) groups excluding carboxylic acids is 2. The van der Waals surface area contributed by atoms with E-state index in [2.05, 4.69) is 4.90 Å². The van der Waals surface area contributed by atoms with E-state index in [-0.39, 0.29) is 17.3 Å². The number of hydrogen-bond acceptors (Lipinski definition) is 6. The molecule has 0 saturated carbocycles.